The Morgan fingerprint density at radius 3 is 2.66 bits per heavy atom. The fraction of sp³-hybridized carbons (Fsp3) is 0.273. The summed E-state index contributed by atoms with van der Waals surface area (Å²) in [5.41, 5.74) is 1.23. The highest BCUT2D eigenvalue weighted by molar-refractivity contribution is 5.94. The van der Waals surface area contributed by atoms with E-state index in [4.69, 9.17) is 9.47 Å². The molecule has 0 fully saturated rings. The molecule has 0 saturated heterocycles. The van der Waals surface area contributed by atoms with Crippen molar-refractivity contribution < 1.29 is 18.7 Å². The van der Waals surface area contributed by atoms with Crippen molar-refractivity contribution in [1.29, 1.82) is 0 Å². The lowest BCUT2D eigenvalue weighted by Crippen LogP contribution is -2.32. The highest BCUT2D eigenvalue weighted by atomic mass is 19.1. The summed E-state index contributed by atoms with van der Waals surface area (Å²) in [5.74, 6) is 0.575. The molecule has 0 aliphatic carbocycles. The zero-order chi connectivity index (χ0) is 20.6. The van der Waals surface area contributed by atoms with Gasteiger partial charge in [-0.05, 0) is 42.3 Å². The van der Waals surface area contributed by atoms with E-state index < -0.39 is 5.82 Å². The molecule has 29 heavy (non-hydrogen) atoms. The fourth-order valence-corrected chi connectivity index (χ4v) is 3.12. The standard InChI is InChI=1S/C22H24FN3O3/c1-28-20-8-7-17(13-21(20)29-2)15-26(11-4-10-25-12-9-24-16-25)22(27)18-5-3-6-19(23)14-18/h3,5-9,12-14,16H,4,10-11,15H2,1-2H3. The van der Waals surface area contributed by atoms with Crippen LogP contribution in [0, 0.1) is 5.82 Å². The summed E-state index contributed by atoms with van der Waals surface area (Å²) in [5, 5.41) is 0. The number of nitrogens with zero attached hydrogens (tertiary/aromatic N) is 3. The van der Waals surface area contributed by atoms with Gasteiger partial charge < -0.3 is 18.9 Å². The lowest BCUT2D eigenvalue weighted by Gasteiger charge is -2.24. The predicted octanol–water partition coefficient (Wildman–Crippen LogP) is 3.77. The van der Waals surface area contributed by atoms with Crippen LogP contribution in [0.15, 0.2) is 61.2 Å². The number of aromatic nitrogens is 2. The van der Waals surface area contributed by atoms with Gasteiger partial charge >= 0.3 is 0 Å². The second-order valence-electron chi connectivity index (χ2n) is 6.58. The number of imidazole rings is 1. The van der Waals surface area contributed by atoms with Gasteiger partial charge in [0.05, 0.1) is 20.5 Å². The minimum atomic E-state index is -0.430. The van der Waals surface area contributed by atoms with Gasteiger partial charge in [-0.2, -0.15) is 0 Å². The van der Waals surface area contributed by atoms with Crippen molar-refractivity contribution in [2.75, 3.05) is 20.8 Å². The van der Waals surface area contributed by atoms with E-state index in [2.05, 4.69) is 4.98 Å². The lowest BCUT2D eigenvalue weighted by molar-refractivity contribution is 0.0738. The number of hydrogen-bond acceptors (Lipinski definition) is 4. The minimum absolute atomic E-state index is 0.218. The summed E-state index contributed by atoms with van der Waals surface area (Å²) in [6.45, 7) is 1.63. The Morgan fingerprint density at radius 1 is 1.14 bits per heavy atom. The van der Waals surface area contributed by atoms with Crippen molar-refractivity contribution in [3.05, 3.63) is 78.1 Å². The first-order chi connectivity index (χ1) is 14.1. The number of benzene rings is 2. The molecule has 3 aromatic rings. The Morgan fingerprint density at radius 2 is 1.97 bits per heavy atom. The Hall–Kier alpha value is -3.35. The fourth-order valence-electron chi connectivity index (χ4n) is 3.12. The molecular formula is C22H24FN3O3. The Balaban J connectivity index is 1.78. The Labute approximate surface area is 169 Å². The predicted molar refractivity (Wildman–Crippen MR) is 108 cm³/mol. The Bertz CT molecular complexity index is 944. The molecule has 0 spiro atoms. The lowest BCUT2D eigenvalue weighted by atomic mass is 10.1. The van der Waals surface area contributed by atoms with E-state index in [1.807, 2.05) is 29.0 Å². The largest absolute Gasteiger partial charge is 0.493 e. The highest BCUT2D eigenvalue weighted by Crippen LogP contribution is 2.28. The van der Waals surface area contributed by atoms with Crippen molar-refractivity contribution >= 4 is 5.91 Å². The average molecular weight is 397 g/mol. The zero-order valence-electron chi connectivity index (χ0n) is 16.5. The number of amides is 1. The third-order valence-electron chi connectivity index (χ3n) is 4.58. The number of halogens is 1. The highest BCUT2D eigenvalue weighted by Gasteiger charge is 2.17. The second-order valence-corrected chi connectivity index (χ2v) is 6.58. The van der Waals surface area contributed by atoms with E-state index in [-0.39, 0.29) is 5.91 Å². The van der Waals surface area contributed by atoms with Crippen LogP contribution in [0.4, 0.5) is 4.39 Å². The van der Waals surface area contributed by atoms with Crippen molar-refractivity contribution in [3.63, 3.8) is 0 Å². The minimum Gasteiger partial charge on any atom is -0.493 e. The first kappa shape index (κ1) is 20.4. The van der Waals surface area contributed by atoms with Crippen LogP contribution in [0.3, 0.4) is 0 Å². The summed E-state index contributed by atoms with van der Waals surface area (Å²) in [7, 11) is 3.15. The second kappa shape index (κ2) is 9.73. The van der Waals surface area contributed by atoms with Gasteiger partial charge in [0.15, 0.2) is 11.5 Å². The molecule has 0 saturated carbocycles. The van der Waals surface area contributed by atoms with Gasteiger partial charge in [-0.25, -0.2) is 9.37 Å². The first-order valence-electron chi connectivity index (χ1n) is 9.32. The molecule has 0 radical (unpaired) electrons. The van der Waals surface area contributed by atoms with E-state index in [9.17, 15) is 9.18 Å². The number of carbonyl (C=O) groups is 1. The molecule has 152 valence electrons. The van der Waals surface area contributed by atoms with Crippen molar-refractivity contribution in [3.8, 4) is 11.5 Å². The third-order valence-corrected chi connectivity index (χ3v) is 4.58. The average Bonchev–Trinajstić information content (AvgIpc) is 3.26. The summed E-state index contributed by atoms with van der Waals surface area (Å²) in [6.07, 6.45) is 6.09. The van der Waals surface area contributed by atoms with Crippen molar-refractivity contribution in [2.45, 2.75) is 19.5 Å². The normalized spacial score (nSPS) is 10.6. The summed E-state index contributed by atoms with van der Waals surface area (Å²) >= 11 is 0. The number of aryl methyl sites for hydroxylation is 1. The SMILES string of the molecule is COc1ccc(CN(CCCn2ccnc2)C(=O)c2cccc(F)c2)cc1OC. The number of ether oxygens (including phenoxy) is 2. The van der Waals surface area contributed by atoms with Crippen LogP contribution in [0.25, 0.3) is 0 Å². The van der Waals surface area contributed by atoms with E-state index in [1.54, 1.807) is 43.8 Å². The topological polar surface area (TPSA) is 56.6 Å². The van der Waals surface area contributed by atoms with Gasteiger partial charge in [0, 0.05) is 37.6 Å². The number of hydrogen-bond donors (Lipinski definition) is 0. The van der Waals surface area contributed by atoms with Gasteiger partial charge in [0.25, 0.3) is 5.91 Å². The molecule has 0 aliphatic heterocycles. The molecule has 7 heteroatoms. The van der Waals surface area contributed by atoms with Crippen LogP contribution >= 0.6 is 0 Å². The van der Waals surface area contributed by atoms with Crippen molar-refractivity contribution in [1.82, 2.24) is 14.5 Å². The molecule has 0 N–H and O–H groups in total. The molecule has 2 aromatic carbocycles. The summed E-state index contributed by atoms with van der Waals surface area (Å²) in [4.78, 5) is 18.8. The van der Waals surface area contributed by atoms with Gasteiger partial charge in [0.1, 0.15) is 5.82 Å². The molecule has 0 bridgehead atoms. The van der Waals surface area contributed by atoms with E-state index in [1.165, 1.54) is 12.1 Å². The molecule has 0 atom stereocenters. The monoisotopic (exact) mass is 397 g/mol. The van der Waals surface area contributed by atoms with Gasteiger partial charge in [-0.1, -0.05) is 12.1 Å². The molecule has 1 heterocycles. The van der Waals surface area contributed by atoms with Crippen LogP contribution in [-0.4, -0.2) is 41.1 Å². The van der Waals surface area contributed by atoms with Gasteiger partial charge in [0.2, 0.25) is 0 Å². The molecule has 1 aromatic heterocycles. The van der Waals surface area contributed by atoms with Crippen molar-refractivity contribution in [2.24, 2.45) is 0 Å². The number of methoxy groups -OCH3 is 2. The molecular weight excluding hydrogens is 373 g/mol. The number of carbonyl (C=O) groups excluding carboxylic acids is 1. The van der Waals surface area contributed by atoms with Crippen LogP contribution in [0.2, 0.25) is 0 Å². The number of rotatable bonds is 9. The van der Waals surface area contributed by atoms with Crippen LogP contribution in [0.1, 0.15) is 22.3 Å². The van der Waals surface area contributed by atoms with Crippen LogP contribution in [0.5, 0.6) is 11.5 Å². The smallest absolute Gasteiger partial charge is 0.254 e. The first-order valence-corrected chi connectivity index (χ1v) is 9.32. The molecule has 6 nitrogen and oxygen atoms in total. The summed E-state index contributed by atoms with van der Waals surface area (Å²) in [6, 6.07) is 11.3. The molecule has 1 amide bonds. The quantitative estimate of drug-likeness (QED) is 0.552. The van der Waals surface area contributed by atoms with Crippen LogP contribution in [-0.2, 0) is 13.1 Å². The van der Waals surface area contributed by atoms with E-state index >= 15 is 0 Å². The summed E-state index contributed by atoms with van der Waals surface area (Å²) < 4.78 is 26.2. The Kier molecular flexibility index (Phi) is 6.84. The van der Waals surface area contributed by atoms with E-state index in [0.717, 1.165) is 18.5 Å². The van der Waals surface area contributed by atoms with Crippen LogP contribution < -0.4 is 9.47 Å². The maximum Gasteiger partial charge on any atom is 0.254 e. The van der Waals surface area contributed by atoms with E-state index in [0.29, 0.717) is 30.2 Å². The maximum atomic E-state index is 13.6. The molecule has 0 unspecified atom stereocenters. The maximum absolute atomic E-state index is 13.6. The molecule has 3 rings (SSSR count). The van der Waals surface area contributed by atoms with Gasteiger partial charge in [-0.3, -0.25) is 4.79 Å². The molecule has 0 aliphatic rings. The zero-order valence-corrected chi connectivity index (χ0v) is 16.5. The van der Waals surface area contributed by atoms with Gasteiger partial charge in [-0.15, -0.1) is 0 Å². The third kappa shape index (κ3) is 5.34.